The maximum absolute atomic E-state index is 12.2. The van der Waals surface area contributed by atoms with Crippen LogP contribution in [-0.4, -0.2) is 11.9 Å². The van der Waals surface area contributed by atoms with Gasteiger partial charge in [-0.2, -0.15) is 0 Å². The number of carbonyl (C=O) groups excluding carboxylic acids is 2. The largest absolute Gasteiger partial charge is 0.422 e. The number of esters is 1. The monoisotopic (exact) mass is 297 g/mol. The number of nitrogens with two attached hydrogens (primary N) is 1. The summed E-state index contributed by atoms with van der Waals surface area (Å²) < 4.78 is 5.48. The number of amides is 1. The lowest BCUT2D eigenvalue weighted by molar-refractivity contribution is 0.0732. The van der Waals surface area contributed by atoms with Gasteiger partial charge in [0.25, 0.3) is 0 Å². The summed E-state index contributed by atoms with van der Waals surface area (Å²) in [5.41, 5.74) is 8.74. The van der Waals surface area contributed by atoms with Crippen molar-refractivity contribution in [3.63, 3.8) is 0 Å². The smallest absolute Gasteiger partial charge is 0.343 e. The molecule has 0 unspecified atom stereocenters. The number of carbonyl (C=O) groups is 2. The molecule has 0 saturated carbocycles. The summed E-state index contributed by atoms with van der Waals surface area (Å²) in [6, 6.07) is 10.6. The molecule has 0 aliphatic rings. The molecule has 0 aliphatic heterocycles. The summed E-state index contributed by atoms with van der Waals surface area (Å²) in [5.74, 6) is -0.450. The maximum Gasteiger partial charge on any atom is 0.343 e. The predicted molar refractivity (Wildman–Crippen MR) is 85.2 cm³/mol. The summed E-state index contributed by atoms with van der Waals surface area (Å²) in [5, 5.41) is 0. The first-order valence-electron chi connectivity index (χ1n) is 7.14. The zero-order valence-corrected chi connectivity index (χ0v) is 13.0. The molecule has 2 aromatic rings. The number of rotatable bonds is 4. The van der Waals surface area contributed by atoms with Gasteiger partial charge < -0.3 is 10.5 Å². The lowest BCUT2D eigenvalue weighted by Gasteiger charge is -2.12. The van der Waals surface area contributed by atoms with E-state index in [2.05, 4.69) is 6.92 Å². The fourth-order valence-corrected chi connectivity index (χ4v) is 2.28. The van der Waals surface area contributed by atoms with Crippen LogP contribution < -0.4 is 10.5 Å². The highest BCUT2D eigenvalue weighted by molar-refractivity contribution is 5.94. The molecular weight excluding hydrogens is 278 g/mol. The molecule has 2 N–H and O–H groups in total. The van der Waals surface area contributed by atoms with Crippen molar-refractivity contribution in [2.45, 2.75) is 27.2 Å². The summed E-state index contributed by atoms with van der Waals surface area (Å²) in [7, 11) is 0. The third kappa shape index (κ3) is 3.34. The molecule has 0 aromatic heterocycles. The first-order valence-corrected chi connectivity index (χ1v) is 7.14. The SMILES string of the molecule is CCc1ccc(C(=O)Oc2c(C)cc(C(N)=O)cc2C)cc1. The van der Waals surface area contributed by atoms with Crippen LogP contribution in [0.4, 0.5) is 0 Å². The highest BCUT2D eigenvalue weighted by atomic mass is 16.5. The van der Waals surface area contributed by atoms with E-state index in [4.69, 9.17) is 10.5 Å². The third-order valence-corrected chi connectivity index (χ3v) is 3.54. The van der Waals surface area contributed by atoms with E-state index in [1.807, 2.05) is 12.1 Å². The van der Waals surface area contributed by atoms with E-state index in [1.165, 1.54) is 0 Å². The third-order valence-electron chi connectivity index (χ3n) is 3.54. The van der Waals surface area contributed by atoms with Gasteiger partial charge in [0.15, 0.2) is 0 Å². The highest BCUT2D eigenvalue weighted by Crippen LogP contribution is 2.25. The first kappa shape index (κ1) is 15.8. The van der Waals surface area contributed by atoms with Crippen LogP contribution in [0.3, 0.4) is 0 Å². The van der Waals surface area contributed by atoms with E-state index < -0.39 is 11.9 Å². The van der Waals surface area contributed by atoms with Crippen LogP contribution >= 0.6 is 0 Å². The molecule has 22 heavy (non-hydrogen) atoms. The number of primary amides is 1. The van der Waals surface area contributed by atoms with Crippen LogP contribution in [0.2, 0.25) is 0 Å². The van der Waals surface area contributed by atoms with Gasteiger partial charge in [0.05, 0.1) is 5.56 Å². The number of hydrogen-bond donors (Lipinski definition) is 1. The Balaban J connectivity index is 2.26. The van der Waals surface area contributed by atoms with Crippen molar-refractivity contribution >= 4 is 11.9 Å². The van der Waals surface area contributed by atoms with Crippen LogP contribution in [0.25, 0.3) is 0 Å². The molecule has 114 valence electrons. The second-order valence-corrected chi connectivity index (χ2v) is 5.24. The Kier molecular flexibility index (Phi) is 4.61. The van der Waals surface area contributed by atoms with E-state index in [9.17, 15) is 9.59 Å². The van der Waals surface area contributed by atoms with Gasteiger partial charge in [-0.05, 0) is 61.2 Å². The van der Waals surface area contributed by atoms with Crippen LogP contribution in [0.5, 0.6) is 5.75 Å². The summed E-state index contributed by atoms with van der Waals surface area (Å²) >= 11 is 0. The molecular formula is C18H19NO3. The average Bonchev–Trinajstić information content (AvgIpc) is 2.50. The van der Waals surface area contributed by atoms with Gasteiger partial charge in [0, 0.05) is 5.56 Å². The maximum atomic E-state index is 12.2. The minimum atomic E-state index is -0.501. The summed E-state index contributed by atoms with van der Waals surface area (Å²) in [6.45, 7) is 5.62. The standard InChI is InChI=1S/C18H19NO3/c1-4-13-5-7-14(8-6-13)18(21)22-16-11(2)9-15(17(19)20)10-12(16)3/h5-10H,4H2,1-3H3,(H2,19,20). The highest BCUT2D eigenvalue weighted by Gasteiger charge is 2.14. The normalized spacial score (nSPS) is 10.3. The predicted octanol–water partition coefficient (Wildman–Crippen LogP) is 3.18. The van der Waals surface area contributed by atoms with Crippen LogP contribution in [0.15, 0.2) is 36.4 Å². The van der Waals surface area contributed by atoms with E-state index in [0.29, 0.717) is 28.0 Å². The molecule has 0 atom stereocenters. The Morgan fingerprint density at radius 1 is 1.00 bits per heavy atom. The molecule has 2 rings (SSSR count). The number of aryl methyl sites for hydroxylation is 3. The molecule has 4 nitrogen and oxygen atoms in total. The minimum Gasteiger partial charge on any atom is -0.422 e. The van der Waals surface area contributed by atoms with Crippen molar-refractivity contribution in [1.29, 1.82) is 0 Å². The van der Waals surface area contributed by atoms with Crippen LogP contribution in [0.1, 0.15) is 44.3 Å². The van der Waals surface area contributed by atoms with Crippen molar-refractivity contribution in [3.05, 3.63) is 64.2 Å². The fraction of sp³-hybridized carbons (Fsp3) is 0.222. The van der Waals surface area contributed by atoms with E-state index >= 15 is 0 Å². The quantitative estimate of drug-likeness (QED) is 0.696. The van der Waals surface area contributed by atoms with Crippen LogP contribution in [-0.2, 0) is 6.42 Å². The lowest BCUT2D eigenvalue weighted by Crippen LogP contribution is -2.14. The summed E-state index contributed by atoms with van der Waals surface area (Å²) in [4.78, 5) is 23.5. The Labute approximate surface area is 129 Å². The lowest BCUT2D eigenvalue weighted by atomic mass is 10.1. The van der Waals surface area contributed by atoms with Gasteiger partial charge in [-0.3, -0.25) is 4.79 Å². The Morgan fingerprint density at radius 2 is 1.55 bits per heavy atom. The van der Waals surface area contributed by atoms with Crippen molar-refractivity contribution in [1.82, 2.24) is 0 Å². The fourth-order valence-electron chi connectivity index (χ4n) is 2.28. The Bertz CT molecular complexity index is 695. The van der Waals surface area contributed by atoms with Gasteiger partial charge in [-0.15, -0.1) is 0 Å². The van der Waals surface area contributed by atoms with Gasteiger partial charge >= 0.3 is 5.97 Å². The topological polar surface area (TPSA) is 69.4 Å². The van der Waals surface area contributed by atoms with E-state index in [-0.39, 0.29) is 0 Å². The minimum absolute atomic E-state index is 0.405. The molecule has 0 fully saturated rings. The molecule has 0 radical (unpaired) electrons. The van der Waals surface area contributed by atoms with Crippen molar-refractivity contribution in [2.75, 3.05) is 0 Å². The molecule has 0 spiro atoms. The van der Waals surface area contributed by atoms with Gasteiger partial charge in [0.2, 0.25) is 5.91 Å². The van der Waals surface area contributed by atoms with E-state index in [1.54, 1.807) is 38.1 Å². The summed E-state index contributed by atoms with van der Waals surface area (Å²) in [6.07, 6.45) is 0.919. The van der Waals surface area contributed by atoms with Crippen molar-refractivity contribution in [2.24, 2.45) is 5.73 Å². The molecule has 0 heterocycles. The number of benzene rings is 2. The zero-order valence-electron chi connectivity index (χ0n) is 13.0. The van der Waals surface area contributed by atoms with Crippen molar-refractivity contribution < 1.29 is 14.3 Å². The van der Waals surface area contributed by atoms with E-state index in [0.717, 1.165) is 12.0 Å². The molecule has 2 aromatic carbocycles. The molecule has 0 saturated heterocycles. The van der Waals surface area contributed by atoms with Gasteiger partial charge in [-0.1, -0.05) is 19.1 Å². The number of ether oxygens (including phenoxy) is 1. The molecule has 0 aliphatic carbocycles. The zero-order chi connectivity index (χ0) is 16.3. The Hall–Kier alpha value is -2.62. The van der Waals surface area contributed by atoms with Gasteiger partial charge in [-0.25, -0.2) is 4.79 Å². The van der Waals surface area contributed by atoms with Crippen LogP contribution in [0, 0.1) is 13.8 Å². The second kappa shape index (κ2) is 6.43. The van der Waals surface area contributed by atoms with Gasteiger partial charge in [0.1, 0.15) is 5.75 Å². The molecule has 0 bridgehead atoms. The molecule has 1 amide bonds. The second-order valence-electron chi connectivity index (χ2n) is 5.24. The first-order chi connectivity index (χ1) is 10.4. The average molecular weight is 297 g/mol. The Morgan fingerprint density at radius 3 is 2.00 bits per heavy atom. The molecule has 4 heteroatoms. The van der Waals surface area contributed by atoms with Crippen molar-refractivity contribution in [3.8, 4) is 5.75 Å². The number of hydrogen-bond acceptors (Lipinski definition) is 3.